The smallest absolute Gasteiger partial charge is 0.380 e. The lowest BCUT2D eigenvalue weighted by Crippen LogP contribution is -2.56. The molecular formula is C16H20F3N3O. The van der Waals surface area contributed by atoms with Gasteiger partial charge in [0.15, 0.2) is 5.60 Å². The van der Waals surface area contributed by atoms with Crippen molar-refractivity contribution in [3.05, 3.63) is 35.4 Å². The number of nitrogens with two attached hydrogens (primary N) is 1. The molecule has 2 rings (SSSR count). The highest BCUT2D eigenvalue weighted by Gasteiger charge is 2.54. The Morgan fingerprint density at radius 2 is 1.83 bits per heavy atom. The molecule has 23 heavy (non-hydrogen) atoms. The number of halogens is 3. The molecule has 1 fully saturated rings. The second kappa shape index (κ2) is 6.87. The van der Waals surface area contributed by atoms with E-state index in [-0.39, 0.29) is 32.0 Å². The molecule has 1 aromatic carbocycles. The fourth-order valence-electron chi connectivity index (χ4n) is 2.89. The Hall–Kier alpha value is -1.62. The number of likely N-dealkylation sites (tertiary alicyclic amines) is 1. The van der Waals surface area contributed by atoms with Crippen LogP contribution in [0, 0.1) is 11.3 Å². The van der Waals surface area contributed by atoms with Gasteiger partial charge in [0.1, 0.15) is 0 Å². The molecule has 0 aromatic heterocycles. The van der Waals surface area contributed by atoms with Crippen LogP contribution < -0.4 is 5.73 Å². The maximum Gasteiger partial charge on any atom is 0.417 e. The molecule has 0 spiro atoms. The number of benzene rings is 1. The zero-order valence-electron chi connectivity index (χ0n) is 12.7. The predicted octanol–water partition coefficient (Wildman–Crippen LogP) is 1.82. The van der Waals surface area contributed by atoms with Crippen molar-refractivity contribution >= 4 is 0 Å². The number of rotatable bonds is 4. The van der Waals surface area contributed by atoms with Gasteiger partial charge in [0, 0.05) is 25.7 Å². The number of alkyl halides is 3. The SMILES string of the molecule is N#Cc1ccc(C[C@@H](CN)N2CCC(O)(C(F)(F)F)CC2)cc1. The van der Waals surface area contributed by atoms with Crippen molar-refractivity contribution in [2.75, 3.05) is 19.6 Å². The Kier molecular flexibility index (Phi) is 5.30. The minimum absolute atomic E-state index is 0.0827. The maximum absolute atomic E-state index is 12.8. The van der Waals surface area contributed by atoms with Crippen LogP contribution >= 0.6 is 0 Å². The molecule has 0 radical (unpaired) electrons. The Labute approximate surface area is 133 Å². The molecule has 0 bridgehead atoms. The number of hydrogen-bond donors (Lipinski definition) is 2. The second-order valence-corrected chi connectivity index (χ2v) is 5.97. The van der Waals surface area contributed by atoms with E-state index in [9.17, 15) is 18.3 Å². The van der Waals surface area contributed by atoms with Gasteiger partial charge in [0.25, 0.3) is 0 Å². The topological polar surface area (TPSA) is 73.3 Å². The first-order valence-electron chi connectivity index (χ1n) is 7.51. The van der Waals surface area contributed by atoms with Gasteiger partial charge in [-0.2, -0.15) is 18.4 Å². The molecule has 0 saturated carbocycles. The van der Waals surface area contributed by atoms with Gasteiger partial charge in [-0.25, -0.2) is 0 Å². The highest BCUT2D eigenvalue weighted by molar-refractivity contribution is 5.31. The predicted molar refractivity (Wildman–Crippen MR) is 79.5 cm³/mol. The zero-order chi connectivity index (χ0) is 17.1. The van der Waals surface area contributed by atoms with Gasteiger partial charge in [-0.15, -0.1) is 0 Å². The summed E-state index contributed by atoms with van der Waals surface area (Å²) in [5.74, 6) is 0. The van der Waals surface area contributed by atoms with Crippen molar-refractivity contribution in [1.29, 1.82) is 5.26 Å². The summed E-state index contributed by atoms with van der Waals surface area (Å²) in [4.78, 5) is 1.90. The third kappa shape index (κ3) is 4.02. The van der Waals surface area contributed by atoms with Crippen LogP contribution in [0.25, 0.3) is 0 Å². The fraction of sp³-hybridized carbons (Fsp3) is 0.562. The van der Waals surface area contributed by atoms with Gasteiger partial charge >= 0.3 is 6.18 Å². The minimum Gasteiger partial charge on any atom is -0.380 e. The van der Waals surface area contributed by atoms with Crippen LogP contribution in [0.15, 0.2) is 24.3 Å². The van der Waals surface area contributed by atoms with Gasteiger partial charge in [-0.3, -0.25) is 4.90 Å². The summed E-state index contributed by atoms with van der Waals surface area (Å²) in [5.41, 5.74) is 4.74. The lowest BCUT2D eigenvalue weighted by atomic mass is 9.89. The Morgan fingerprint density at radius 1 is 1.26 bits per heavy atom. The first-order chi connectivity index (χ1) is 10.8. The summed E-state index contributed by atoms with van der Waals surface area (Å²) in [5, 5.41) is 18.5. The van der Waals surface area contributed by atoms with Gasteiger partial charge in [0.2, 0.25) is 0 Å². The molecule has 1 aliphatic heterocycles. The molecule has 3 N–H and O–H groups in total. The van der Waals surface area contributed by atoms with E-state index in [2.05, 4.69) is 0 Å². The minimum atomic E-state index is -4.59. The highest BCUT2D eigenvalue weighted by atomic mass is 19.4. The van der Waals surface area contributed by atoms with E-state index >= 15 is 0 Å². The lowest BCUT2D eigenvalue weighted by molar-refractivity contribution is -0.273. The molecule has 7 heteroatoms. The van der Waals surface area contributed by atoms with Crippen molar-refractivity contribution in [1.82, 2.24) is 4.90 Å². The van der Waals surface area contributed by atoms with Crippen LogP contribution in [-0.4, -0.2) is 47.5 Å². The van der Waals surface area contributed by atoms with Crippen LogP contribution in [-0.2, 0) is 6.42 Å². The number of nitrogens with zero attached hydrogens (tertiary/aromatic N) is 2. The molecule has 126 valence electrons. The second-order valence-electron chi connectivity index (χ2n) is 5.97. The van der Waals surface area contributed by atoms with E-state index in [1.165, 1.54) is 0 Å². The molecule has 1 aliphatic rings. The Morgan fingerprint density at radius 3 is 2.26 bits per heavy atom. The van der Waals surface area contributed by atoms with E-state index in [1.807, 2.05) is 23.1 Å². The molecule has 1 atom stereocenters. The van der Waals surface area contributed by atoms with Crippen LogP contribution in [0.3, 0.4) is 0 Å². The van der Waals surface area contributed by atoms with Crippen molar-refractivity contribution in [2.45, 2.75) is 37.1 Å². The average molecular weight is 327 g/mol. The zero-order valence-corrected chi connectivity index (χ0v) is 12.7. The van der Waals surface area contributed by atoms with E-state index in [0.29, 0.717) is 18.5 Å². The number of aliphatic hydroxyl groups is 1. The van der Waals surface area contributed by atoms with E-state index in [0.717, 1.165) is 5.56 Å². The third-order valence-electron chi connectivity index (χ3n) is 4.50. The Bertz CT molecular complexity index is 557. The van der Waals surface area contributed by atoms with Gasteiger partial charge in [-0.1, -0.05) is 12.1 Å². The van der Waals surface area contributed by atoms with Crippen LogP contribution in [0.1, 0.15) is 24.0 Å². The molecule has 0 unspecified atom stereocenters. The van der Waals surface area contributed by atoms with Crippen LogP contribution in [0.4, 0.5) is 13.2 Å². The normalized spacial score (nSPS) is 20.0. The monoisotopic (exact) mass is 327 g/mol. The third-order valence-corrected chi connectivity index (χ3v) is 4.50. The van der Waals surface area contributed by atoms with Crippen LogP contribution in [0.2, 0.25) is 0 Å². The molecule has 1 saturated heterocycles. The van der Waals surface area contributed by atoms with E-state index in [4.69, 9.17) is 11.0 Å². The van der Waals surface area contributed by atoms with Crippen molar-refractivity contribution in [3.8, 4) is 6.07 Å². The van der Waals surface area contributed by atoms with E-state index < -0.39 is 11.8 Å². The number of piperidine rings is 1. The largest absolute Gasteiger partial charge is 0.417 e. The molecule has 0 aliphatic carbocycles. The molecule has 1 heterocycles. The maximum atomic E-state index is 12.8. The molecule has 1 aromatic rings. The number of hydrogen-bond acceptors (Lipinski definition) is 4. The fourth-order valence-corrected chi connectivity index (χ4v) is 2.89. The first kappa shape index (κ1) is 17.7. The summed E-state index contributed by atoms with van der Waals surface area (Å²) in [6.07, 6.45) is -4.65. The summed E-state index contributed by atoms with van der Waals surface area (Å²) in [6.45, 7) is 0.646. The van der Waals surface area contributed by atoms with E-state index in [1.54, 1.807) is 12.1 Å². The lowest BCUT2D eigenvalue weighted by Gasteiger charge is -2.42. The molecule has 0 amide bonds. The summed E-state index contributed by atoms with van der Waals surface area (Å²) in [6, 6.07) is 9.04. The van der Waals surface area contributed by atoms with Crippen molar-refractivity contribution in [2.24, 2.45) is 5.73 Å². The summed E-state index contributed by atoms with van der Waals surface area (Å²) >= 11 is 0. The van der Waals surface area contributed by atoms with Gasteiger partial charge in [0.05, 0.1) is 11.6 Å². The van der Waals surface area contributed by atoms with Crippen LogP contribution in [0.5, 0.6) is 0 Å². The molecular weight excluding hydrogens is 307 g/mol. The summed E-state index contributed by atoms with van der Waals surface area (Å²) < 4.78 is 38.5. The molecule has 4 nitrogen and oxygen atoms in total. The first-order valence-corrected chi connectivity index (χ1v) is 7.51. The van der Waals surface area contributed by atoms with Gasteiger partial charge in [-0.05, 0) is 37.0 Å². The average Bonchev–Trinajstić information content (AvgIpc) is 2.53. The Balaban J connectivity index is 1.98. The van der Waals surface area contributed by atoms with Crippen molar-refractivity contribution < 1.29 is 18.3 Å². The summed E-state index contributed by atoms with van der Waals surface area (Å²) in [7, 11) is 0. The van der Waals surface area contributed by atoms with Gasteiger partial charge < -0.3 is 10.8 Å². The highest BCUT2D eigenvalue weighted by Crippen LogP contribution is 2.38. The standard InChI is InChI=1S/C16H20F3N3O/c17-16(18,19)15(23)5-7-22(8-6-15)14(11-21)9-12-1-3-13(10-20)4-2-12/h1-4,14,23H,5-9,11,21H2/t14-/m0/s1. The van der Waals surface area contributed by atoms with Crippen molar-refractivity contribution in [3.63, 3.8) is 0 Å². The quantitative estimate of drug-likeness (QED) is 0.885. The number of nitriles is 1.